The number of rotatable bonds is 3. The van der Waals surface area contributed by atoms with Gasteiger partial charge >= 0.3 is 0 Å². The van der Waals surface area contributed by atoms with Gasteiger partial charge < -0.3 is 4.74 Å². The van der Waals surface area contributed by atoms with Crippen LogP contribution in [0, 0.1) is 19.3 Å². The molecule has 0 heterocycles. The van der Waals surface area contributed by atoms with Gasteiger partial charge in [0.15, 0.2) is 0 Å². The van der Waals surface area contributed by atoms with Crippen LogP contribution in [-0.2, 0) is 6.61 Å². The van der Waals surface area contributed by atoms with E-state index in [9.17, 15) is 0 Å². The Labute approximate surface area is 102 Å². The van der Waals surface area contributed by atoms with E-state index in [2.05, 4.69) is 5.92 Å². The van der Waals surface area contributed by atoms with Gasteiger partial charge in [0.2, 0.25) is 0 Å². The van der Waals surface area contributed by atoms with Gasteiger partial charge in [-0.2, -0.15) is 0 Å². The van der Waals surface area contributed by atoms with Gasteiger partial charge in [0, 0.05) is 5.56 Å². The fraction of sp³-hybridized carbons (Fsp3) is 0.125. The highest BCUT2D eigenvalue weighted by Gasteiger charge is 1.98. The first-order chi connectivity index (χ1) is 8.28. The van der Waals surface area contributed by atoms with Crippen molar-refractivity contribution in [3.63, 3.8) is 0 Å². The molecule has 17 heavy (non-hydrogen) atoms. The first-order valence-electron chi connectivity index (χ1n) is 5.53. The standard InChI is InChI=1S/C16H14O/c1-3-14-9-13(2)10-16(11-14)17-12-15-7-5-4-6-8-15/h1,4-11H,12H2,2H3. The lowest BCUT2D eigenvalue weighted by Crippen LogP contribution is -1.95. The number of aryl methyl sites for hydroxylation is 1. The van der Waals surface area contributed by atoms with Crippen molar-refractivity contribution in [3.8, 4) is 18.1 Å². The van der Waals surface area contributed by atoms with Crippen molar-refractivity contribution in [2.75, 3.05) is 0 Å². The minimum atomic E-state index is 0.564. The molecule has 0 aromatic heterocycles. The van der Waals surface area contributed by atoms with Gasteiger partial charge in [-0.3, -0.25) is 0 Å². The Morgan fingerprint density at radius 2 is 1.88 bits per heavy atom. The summed E-state index contributed by atoms with van der Waals surface area (Å²) in [6, 6.07) is 15.9. The summed E-state index contributed by atoms with van der Waals surface area (Å²) in [4.78, 5) is 0. The van der Waals surface area contributed by atoms with Crippen LogP contribution >= 0.6 is 0 Å². The van der Waals surface area contributed by atoms with Crippen molar-refractivity contribution in [2.45, 2.75) is 13.5 Å². The summed E-state index contributed by atoms with van der Waals surface area (Å²) < 4.78 is 5.72. The molecular weight excluding hydrogens is 208 g/mol. The quantitative estimate of drug-likeness (QED) is 0.721. The Bertz CT molecular complexity index is 535. The Kier molecular flexibility index (Phi) is 3.47. The van der Waals surface area contributed by atoms with Crippen LogP contribution in [0.15, 0.2) is 48.5 Å². The summed E-state index contributed by atoms with van der Waals surface area (Å²) in [6.07, 6.45) is 5.39. The van der Waals surface area contributed by atoms with Gasteiger partial charge in [-0.25, -0.2) is 0 Å². The lowest BCUT2D eigenvalue weighted by molar-refractivity contribution is 0.306. The van der Waals surface area contributed by atoms with E-state index in [1.54, 1.807) is 0 Å². The van der Waals surface area contributed by atoms with Crippen LogP contribution in [0.2, 0.25) is 0 Å². The average molecular weight is 222 g/mol. The molecule has 0 unspecified atom stereocenters. The van der Waals surface area contributed by atoms with E-state index in [-0.39, 0.29) is 0 Å². The third kappa shape index (κ3) is 3.12. The second-order valence-corrected chi connectivity index (χ2v) is 3.95. The van der Waals surface area contributed by atoms with Crippen LogP contribution in [0.3, 0.4) is 0 Å². The lowest BCUT2D eigenvalue weighted by Gasteiger charge is -2.07. The first-order valence-corrected chi connectivity index (χ1v) is 5.53. The van der Waals surface area contributed by atoms with Crippen LogP contribution in [0.1, 0.15) is 16.7 Å². The Hall–Kier alpha value is -2.20. The molecule has 0 fully saturated rings. The second-order valence-electron chi connectivity index (χ2n) is 3.95. The normalized spacial score (nSPS) is 9.65. The largest absolute Gasteiger partial charge is 0.489 e. The van der Waals surface area contributed by atoms with Crippen LogP contribution in [0.5, 0.6) is 5.75 Å². The number of hydrogen-bond acceptors (Lipinski definition) is 1. The molecule has 2 aromatic rings. The SMILES string of the molecule is C#Cc1cc(C)cc(OCc2ccccc2)c1. The average Bonchev–Trinajstić information content (AvgIpc) is 2.37. The third-order valence-electron chi connectivity index (χ3n) is 2.47. The van der Waals surface area contributed by atoms with Crippen molar-refractivity contribution in [1.82, 2.24) is 0 Å². The summed E-state index contributed by atoms with van der Waals surface area (Å²) in [5, 5.41) is 0. The van der Waals surface area contributed by atoms with Crippen molar-refractivity contribution in [2.24, 2.45) is 0 Å². The van der Waals surface area contributed by atoms with E-state index in [0.29, 0.717) is 6.61 Å². The molecule has 1 nitrogen and oxygen atoms in total. The van der Waals surface area contributed by atoms with Crippen molar-refractivity contribution in [1.29, 1.82) is 0 Å². The topological polar surface area (TPSA) is 9.23 Å². The zero-order valence-electron chi connectivity index (χ0n) is 9.81. The monoisotopic (exact) mass is 222 g/mol. The van der Waals surface area contributed by atoms with Gasteiger partial charge in [-0.15, -0.1) is 6.42 Å². The molecule has 0 saturated heterocycles. The van der Waals surface area contributed by atoms with E-state index in [1.165, 1.54) is 0 Å². The van der Waals surface area contributed by atoms with E-state index in [0.717, 1.165) is 22.4 Å². The van der Waals surface area contributed by atoms with Gasteiger partial charge in [0.1, 0.15) is 12.4 Å². The summed E-state index contributed by atoms with van der Waals surface area (Å²) >= 11 is 0. The number of benzene rings is 2. The molecule has 2 aromatic carbocycles. The Morgan fingerprint density at radius 1 is 1.12 bits per heavy atom. The zero-order valence-corrected chi connectivity index (χ0v) is 9.81. The molecule has 0 aliphatic rings. The first kappa shape index (κ1) is 11.3. The van der Waals surface area contributed by atoms with E-state index in [4.69, 9.17) is 11.2 Å². The van der Waals surface area contributed by atoms with Crippen LogP contribution < -0.4 is 4.74 Å². The molecule has 0 N–H and O–H groups in total. The van der Waals surface area contributed by atoms with Crippen molar-refractivity contribution in [3.05, 3.63) is 65.2 Å². The highest BCUT2D eigenvalue weighted by Crippen LogP contribution is 2.17. The predicted octanol–water partition coefficient (Wildman–Crippen LogP) is 3.56. The number of ether oxygens (including phenoxy) is 1. The molecule has 2 rings (SSSR count). The molecule has 0 radical (unpaired) electrons. The minimum absolute atomic E-state index is 0.564. The molecule has 0 bridgehead atoms. The molecule has 0 spiro atoms. The van der Waals surface area contributed by atoms with Gasteiger partial charge in [0.05, 0.1) is 0 Å². The molecule has 1 heteroatoms. The summed E-state index contributed by atoms with van der Waals surface area (Å²) in [5.41, 5.74) is 3.12. The maximum atomic E-state index is 5.72. The fourth-order valence-corrected chi connectivity index (χ4v) is 1.66. The summed E-state index contributed by atoms with van der Waals surface area (Å²) in [6.45, 7) is 2.57. The molecule has 0 aliphatic heterocycles. The molecule has 0 amide bonds. The van der Waals surface area contributed by atoms with Crippen LogP contribution in [-0.4, -0.2) is 0 Å². The van der Waals surface area contributed by atoms with Crippen LogP contribution in [0.4, 0.5) is 0 Å². The third-order valence-corrected chi connectivity index (χ3v) is 2.47. The van der Waals surface area contributed by atoms with Crippen molar-refractivity contribution >= 4 is 0 Å². The van der Waals surface area contributed by atoms with E-state index >= 15 is 0 Å². The minimum Gasteiger partial charge on any atom is -0.489 e. The Balaban J connectivity index is 2.10. The smallest absolute Gasteiger partial charge is 0.121 e. The molecular formula is C16H14O. The maximum Gasteiger partial charge on any atom is 0.121 e. The maximum absolute atomic E-state index is 5.72. The highest BCUT2D eigenvalue weighted by molar-refractivity contribution is 5.41. The highest BCUT2D eigenvalue weighted by atomic mass is 16.5. The Morgan fingerprint density at radius 3 is 2.59 bits per heavy atom. The van der Waals surface area contributed by atoms with Gasteiger partial charge in [-0.05, 0) is 36.2 Å². The summed E-state index contributed by atoms with van der Waals surface area (Å²) in [7, 11) is 0. The molecule has 0 saturated carbocycles. The molecule has 84 valence electrons. The van der Waals surface area contributed by atoms with Gasteiger partial charge in [0.25, 0.3) is 0 Å². The van der Waals surface area contributed by atoms with Gasteiger partial charge in [-0.1, -0.05) is 36.3 Å². The summed E-state index contributed by atoms with van der Waals surface area (Å²) in [5.74, 6) is 3.45. The van der Waals surface area contributed by atoms with Crippen molar-refractivity contribution < 1.29 is 4.74 Å². The molecule has 0 atom stereocenters. The second kappa shape index (κ2) is 5.23. The fourth-order valence-electron chi connectivity index (χ4n) is 1.66. The zero-order chi connectivity index (χ0) is 12.1. The number of terminal acetylenes is 1. The number of hydrogen-bond donors (Lipinski definition) is 0. The predicted molar refractivity (Wildman–Crippen MR) is 69.9 cm³/mol. The van der Waals surface area contributed by atoms with E-state index in [1.807, 2.05) is 55.5 Å². The molecule has 0 aliphatic carbocycles. The lowest BCUT2D eigenvalue weighted by atomic mass is 10.1. The van der Waals surface area contributed by atoms with E-state index < -0.39 is 0 Å². The van der Waals surface area contributed by atoms with Crippen LogP contribution in [0.25, 0.3) is 0 Å².